The number of carbonyl (C=O) groups excluding carboxylic acids is 2. The number of nitrogens with zero attached hydrogens (tertiary/aromatic N) is 1. The molecule has 1 atom stereocenters. The molecule has 0 spiro atoms. The summed E-state index contributed by atoms with van der Waals surface area (Å²) < 4.78 is 5.13. The van der Waals surface area contributed by atoms with E-state index in [4.69, 9.17) is 4.74 Å². The van der Waals surface area contributed by atoms with Crippen LogP contribution in [0.1, 0.15) is 27.2 Å². The first-order valence-corrected chi connectivity index (χ1v) is 7.06. The standard InChI is InChI=1S/C16H22N2O3/c1-16(2,3)18-10-11(8-14(18)19)15(20)17-12-6-5-7-13(9-12)21-4/h5-7,9,11H,8,10H2,1-4H3,(H,17,20). The van der Waals surface area contributed by atoms with Crippen LogP contribution in [0, 0.1) is 5.92 Å². The molecule has 0 aliphatic carbocycles. The number of nitrogens with one attached hydrogen (secondary N) is 1. The molecule has 1 heterocycles. The van der Waals surface area contributed by atoms with Gasteiger partial charge in [0.15, 0.2) is 0 Å². The fourth-order valence-corrected chi connectivity index (χ4v) is 2.48. The largest absolute Gasteiger partial charge is 0.497 e. The molecule has 1 aromatic carbocycles. The number of anilines is 1. The van der Waals surface area contributed by atoms with Crippen LogP contribution in [-0.2, 0) is 9.59 Å². The Balaban J connectivity index is 2.03. The summed E-state index contributed by atoms with van der Waals surface area (Å²) in [4.78, 5) is 26.1. The SMILES string of the molecule is COc1cccc(NC(=O)C2CC(=O)N(C(C)(C)C)C2)c1. The van der Waals surface area contributed by atoms with Crippen LogP contribution >= 0.6 is 0 Å². The van der Waals surface area contributed by atoms with E-state index in [9.17, 15) is 9.59 Å². The molecular weight excluding hydrogens is 268 g/mol. The lowest BCUT2D eigenvalue weighted by atomic mass is 10.1. The van der Waals surface area contributed by atoms with Gasteiger partial charge in [0.05, 0.1) is 13.0 Å². The Labute approximate surface area is 125 Å². The van der Waals surface area contributed by atoms with E-state index in [0.717, 1.165) is 0 Å². The first-order valence-electron chi connectivity index (χ1n) is 7.06. The Bertz CT molecular complexity index is 549. The second kappa shape index (κ2) is 5.76. The number of rotatable bonds is 3. The molecule has 5 nitrogen and oxygen atoms in total. The maximum Gasteiger partial charge on any atom is 0.229 e. The monoisotopic (exact) mass is 290 g/mol. The minimum absolute atomic E-state index is 0.0355. The van der Waals surface area contributed by atoms with E-state index in [1.54, 1.807) is 24.1 Å². The minimum Gasteiger partial charge on any atom is -0.497 e. The fraction of sp³-hybridized carbons (Fsp3) is 0.500. The van der Waals surface area contributed by atoms with Crippen molar-refractivity contribution >= 4 is 17.5 Å². The maximum absolute atomic E-state index is 12.3. The Morgan fingerprint density at radius 1 is 1.38 bits per heavy atom. The van der Waals surface area contributed by atoms with Crippen molar-refractivity contribution in [2.75, 3.05) is 19.0 Å². The second-order valence-electron chi connectivity index (χ2n) is 6.30. The molecule has 1 aliphatic heterocycles. The van der Waals surface area contributed by atoms with Gasteiger partial charge >= 0.3 is 0 Å². The van der Waals surface area contributed by atoms with Gasteiger partial charge in [-0.2, -0.15) is 0 Å². The van der Waals surface area contributed by atoms with E-state index < -0.39 is 0 Å². The van der Waals surface area contributed by atoms with Gasteiger partial charge < -0.3 is 15.0 Å². The van der Waals surface area contributed by atoms with Crippen molar-refractivity contribution in [2.24, 2.45) is 5.92 Å². The molecule has 0 saturated carbocycles. The summed E-state index contributed by atoms with van der Waals surface area (Å²) in [5.41, 5.74) is 0.434. The Morgan fingerprint density at radius 3 is 2.67 bits per heavy atom. The summed E-state index contributed by atoms with van der Waals surface area (Å²) in [6.45, 7) is 6.41. The molecule has 1 aromatic rings. The van der Waals surface area contributed by atoms with Crippen molar-refractivity contribution in [1.29, 1.82) is 0 Å². The molecule has 21 heavy (non-hydrogen) atoms. The molecule has 1 fully saturated rings. The molecule has 0 radical (unpaired) electrons. The molecule has 0 bridgehead atoms. The molecule has 0 aromatic heterocycles. The van der Waals surface area contributed by atoms with E-state index in [1.165, 1.54) is 0 Å². The van der Waals surface area contributed by atoms with Crippen LogP contribution in [0.15, 0.2) is 24.3 Å². The van der Waals surface area contributed by atoms with Crippen LogP contribution in [0.5, 0.6) is 5.75 Å². The van der Waals surface area contributed by atoms with E-state index in [-0.39, 0.29) is 29.7 Å². The summed E-state index contributed by atoms with van der Waals surface area (Å²) in [7, 11) is 1.58. The number of methoxy groups -OCH3 is 1. The van der Waals surface area contributed by atoms with Gasteiger partial charge in [0.1, 0.15) is 5.75 Å². The maximum atomic E-state index is 12.3. The molecule has 5 heteroatoms. The van der Waals surface area contributed by atoms with Crippen molar-refractivity contribution in [3.8, 4) is 5.75 Å². The second-order valence-corrected chi connectivity index (χ2v) is 6.30. The predicted octanol–water partition coefficient (Wildman–Crippen LogP) is 2.28. The first-order chi connectivity index (χ1) is 9.81. The number of hydrogen-bond donors (Lipinski definition) is 1. The topological polar surface area (TPSA) is 58.6 Å². The summed E-state index contributed by atoms with van der Waals surface area (Å²) in [6, 6.07) is 7.20. The molecule has 2 rings (SSSR count). The molecule has 2 amide bonds. The van der Waals surface area contributed by atoms with Crippen molar-refractivity contribution in [3.05, 3.63) is 24.3 Å². The third kappa shape index (κ3) is 3.54. The van der Waals surface area contributed by atoms with Crippen LogP contribution in [0.3, 0.4) is 0 Å². The van der Waals surface area contributed by atoms with E-state index in [1.807, 2.05) is 32.9 Å². The zero-order valence-electron chi connectivity index (χ0n) is 13.0. The Hall–Kier alpha value is -2.04. The number of ether oxygens (including phenoxy) is 1. The van der Waals surface area contributed by atoms with Gasteiger partial charge in [-0.3, -0.25) is 9.59 Å². The quantitative estimate of drug-likeness (QED) is 0.929. The van der Waals surface area contributed by atoms with Gasteiger partial charge in [-0.25, -0.2) is 0 Å². The molecular formula is C16H22N2O3. The zero-order valence-corrected chi connectivity index (χ0v) is 13.0. The summed E-state index contributed by atoms with van der Waals surface area (Å²) in [6.07, 6.45) is 0.271. The van der Waals surface area contributed by atoms with Crippen LogP contribution in [-0.4, -0.2) is 35.9 Å². The average molecular weight is 290 g/mol. The zero-order chi connectivity index (χ0) is 15.6. The highest BCUT2D eigenvalue weighted by Crippen LogP contribution is 2.27. The summed E-state index contributed by atoms with van der Waals surface area (Å²) in [5.74, 6) is 0.297. The molecule has 1 saturated heterocycles. The molecule has 114 valence electrons. The third-order valence-corrected chi connectivity index (χ3v) is 3.64. The highest BCUT2D eigenvalue weighted by atomic mass is 16.5. The van der Waals surface area contributed by atoms with Crippen molar-refractivity contribution in [1.82, 2.24) is 4.90 Å². The number of amides is 2. The lowest BCUT2D eigenvalue weighted by Gasteiger charge is -2.31. The van der Waals surface area contributed by atoms with E-state index in [0.29, 0.717) is 18.0 Å². The summed E-state index contributed by atoms with van der Waals surface area (Å²) >= 11 is 0. The van der Waals surface area contributed by atoms with E-state index in [2.05, 4.69) is 5.32 Å². The van der Waals surface area contributed by atoms with Gasteiger partial charge in [-0.15, -0.1) is 0 Å². The number of carbonyl (C=O) groups is 2. The summed E-state index contributed by atoms with van der Waals surface area (Å²) in [5, 5.41) is 2.85. The number of hydrogen-bond acceptors (Lipinski definition) is 3. The smallest absolute Gasteiger partial charge is 0.229 e. The van der Waals surface area contributed by atoms with Crippen molar-refractivity contribution in [3.63, 3.8) is 0 Å². The van der Waals surface area contributed by atoms with Crippen molar-refractivity contribution in [2.45, 2.75) is 32.7 Å². The number of likely N-dealkylation sites (tertiary alicyclic amines) is 1. The van der Waals surface area contributed by atoms with Gasteiger partial charge in [0, 0.05) is 30.3 Å². The fourth-order valence-electron chi connectivity index (χ4n) is 2.48. The van der Waals surface area contributed by atoms with E-state index >= 15 is 0 Å². The third-order valence-electron chi connectivity index (χ3n) is 3.64. The lowest BCUT2D eigenvalue weighted by molar-refractivity contribution is -0.131. The molecule has 1 unspecified atom stereocenters. The van der Waals surface area contributed by atoms with Gasteiger partial charge in [-0.05, 0) is 32.9 Å². The minimum atomic E-state index is -0.303. The normalized spacial score (nSPS) is 18.8. The van der Waals surface area contributed by atoms with Crippen LogP contribution in [0.25, 0.3) is 0 Å². The highest BCUT2D eigenvalue weighted by Gasteiger charge is 2.39. The molecule has 1 N–H and O–H groups in total. The van der Waals surface area contributed by atoms with Crippen LogP contribution in [0.4, 0.5) is 5.69 Å². The molecule has 1 aliphatic rings. The first kappa shape index (κ1) is 15.4. The van der Waals surface area contributed by atoms with Crippen LogP contribution < -0.4 is 10.1 Å². The Kier molecular flexibility index (Phi) is 4.21. The number of benzene rings is 1. The average Bonchev–Trinajstić information content (AvgIpc) is 2.81. The highest BCUT2D eigenvalue weighted by molar-refractivity contribution is 5.97. The lowest BCUT2D eigenvalue weighted by Crippen LogP contribution is -2.42. The van der Waals surface area contributed by atoms with Gasteiger partial charge in [0.2, 0.25) is 11.8 Å². The van der Waals surface area contributed by atoms with Crippen molar-refractivity contribution < 1.29 is 14.3 Å². The Morgan fingerprint density at radius 2 is 2.10 bits per heavy atom. The van der Waals surface area contributed by atoms with Gasteiger partial charge in [-0.1, -0.05) is 6.07 Å². The van der Waals surface area contributed by atoms with Crippen LogP contribution in [0.2, 0.25) is 0 Å². The van der Waals surface area contributed by atoms with Gasteiger partial charge in [0.25, 0.3) is 0 Å². The predicted molar refractivity (Wildman–Crippen MR) is 81.2 cm³/mol.